The summed E-state index contributed by atoms with van der Waals surface area (Å²) in [6.07, 6.45) is 1.84. The Hall–Kier alpha value is 1.39. The van der Waals surface area contributed by atoms with E-state index in [0.717, 1.165) is 12.8 Å². The molecule has 72 valence electrons. The van der Waals surface area contributed by atoms with E-state index in [1.807, 2.05) is 0 Å². The van der Waals surface area contributed by atoms with Crippen molar-refractivity contribution < 1.29 is 9.29 Å². The van der Waals surface area contributed by atoms with Crippen LogP contribution in [0, 0.1) is 5.92 Å². The molecule has 0 spiro atoms. The molecule has 1 saturated carbocycles. The summed E-state index contributed by atoms with van der Waals surface area (Å²) in [6, 6.07) is 0.187. The molecule has 0 heterocycles. The summed E-state index contributed by atoms with van der Waals surface area (Å²) in [5.74, 6) is 0.215. The molecule has 0 aromatic rings. The maximum absolute atomic E-state index is 9.01. The molecule has 6 heteroatoms. The van der Waals surface area contributed by atoms with Crippen LogP contribution in [0.2, 0.25) is 0 Å². The van der Waals surface area contributed by atoms with Crippen LogP contribution in [0.5, 0.6) is 0 Å². The van der Waals surface area contributed by atoms with E-state index in [-0.39, 0.29) is 24.7 Å². The van der Waals surface area contributed by atoms with E-state index in [9.17, 15) is 0 Å². The van der Waals surface area contributed by atoms with Crippen LogP contribution in [0.25, 0.3) is 0 Å². The molecule has 1 fully saturated rings. The molecule has 1 rings (SSSR count). The second-order valence-corrected chi connectivity index (χ2v) is 9.72. The summed E-state index contributed by atoms with van der Waals surface area (Å²) in [7, 11) is 3.52. The predicted octanol–water partition coefficient (Wildman–Crippen LogP) is 1.69. The second kappa shape index (κ2) is 5.32. The number of nitrogens with two attached hydrogens (primary N) is 1. The van der Waals surface area contributed by atoms with Gasteiger partial charge in [0.25, 0.3) is 0 Å². The number of aliphatic hydroxyl groups excluding tert-OH is 1. The zero-order chi connectivity index (χ0) is 9.14. The molecule has 3 N–H and O–H groups in total. The van der Waals surface area contributed by atoms with Crippen LogP contribution in [0.4, 0.5) is 0 Å². The molecule has 0 amide bonds. The van der Waals surface area contributed by atoms with Gasteiger partial charge in [0.1, 0.15) is 0 Å². The van der Waals surface area contributed by atoms with Crippen molar-refractivity contribution in [3.63, 3.8) is 0 Å². The van der Waals surface area contributed by atoms with Crippen LogP contribution in [0.15, 0.2) is 0 Å². The first-order valence-electron chi connectivity index (χ1n) is 3.81. The summed E-state index contributed by atoms with van der Waals surface area (Å²) in [5, 5.41) is 9.01. The van der Waals surface area contributed by atoms with Crippen molar-refractivity contribution in [1.29, 1.82) is 0 Å². The van der Waals surface area contributed by atoms with Crippen LogP contribution in [0.1, 0.15) is 12.8 Å². The van der Waals surface area contributed by atoms with Gasteiger partial charge in [-0.25, -0.2) is 0 Å². The molecule has 0 aromatic heterocycles. The van der Waals surface area contributed by atoms with Crippen LogP contribution in [-0.2, 0) is 4.18 Å². The van der Waals surface area contributed by atoms with E-state index in [1.165, 1.54) is 0 Å². The number of rotatable bonds is 2. The minimum absolute atomic E-state index is 0.116. The van der Waals surface area contributed by atoms with Crippen LogP contribution in [-0.4, -0.2) is 23.9 Å². The third-order valence-electron chi connectivity index (χ3n) is 2.12. The molecule has 1 unspecified atom stereocenters. The Bertz CT molecular complexity index is 219. The van der Waals surface area contributed by atoms with Gasteiger partial charge >= 0.3 is 88.9 Å². The molecular weight excluding hydrogens is 308 g/mol. The van der Waals surface area contributed by atoms with E-state index in [1.54, 1.807) is 0 Å². The number of halogens is 1. The Morgan fingerprint density at radius 1 is 1.67 bits per heavy atom. The van der Waals surface area contributed by atoms with E-state index in [0.29, 0.717) is 0 Å². The first kappa shape index (κ1) is 11.5. The van der Waals surface area contributed by atoms with Gasteiger partial charge in [0.15, 0.2) is 0 Å². The van der Waals surface area contributed by atoms with Crippen molar-refractivity contribution in [2.75, 3.05) is 6.61 Å². The zero-order valence-electron chi connectivity index (χ0n) is 6.56. The summed E-state index contributed by atoms with van der Waals surface area (Å²) in [6.45, 7) is 0.173. The quantitative estimate of drug-likeness (QED) is 0.412. The van der Waals surface area contributed by atoms with Gasteiger partial charge in [-0.05, 0) is 0 Å². The van der Waals surface area contributed by atoms with Crippen molar-refractivity contribution in [3.8, 4) is 0 Å². The van der Waals surface area contributed by atoms with Crippen molar-refractivity contribution in [3.05, 3.63) is 0 Å². The Morgan fingerprint density at radius 2 is 2.33 bits per heavy atom. The molecule has 0 aliphatic heterocycles. The summed E-state index contributed by atoms with van der Waals surface area (Å²) >= 11 is 2.15. The number of aliphatic hydroxyl groups is 1. The summed E-state index contributed by atoms with van der Waals surface area (Å²) in [5.41, 5.74) is 5.76. The first-order valence-corrected chi connectivity index (χ1v) is 9.01. The van der Waals surface area contributed by atoms with Crippen molar-refractivity contribution >= 4 is 36.3 Å². The van der Waals surface area contributed by atoms with Gasteiger partial charge in [-0.3, -0.25) is 0 Å². The third kappa shape index (κ3) is 3.27. The predicted molar refractivity (Wildman–Crippen MR) is 62.6 cm³/mol. The van der Waals surface area contributed by atoms with Gasteiger partial charge in [-0.2, -0.15) is 0 Å². The first-order chi connectivity index (χ1) is 5.63. The van der Waals surface area contributed by atoms with Gasteiger partial charge in [-0.15, -0.1) is 0 Å². The van der Waals surface area contributed by atoms with Gasteiger partial charge in [-0.1, -0.05) is 0 Å². The number of hydrogen-bond acceptors (Lipinski definition) is 3. The molecule has 12 heavy (non-hydrogen) atoms. The molecule has 1 aliphatic carbocycles. The molecule has 0 radical (unpaired) electrons. The van der Waals surface area contributed by atoms with Crippen molar-refractivity contribution in [1.82, 2.24) is 0 Å². The monoisotopic (exact) mass is 321 g/mol. The number of hydrogen-bond donors (Lipinski definition) is 3. The normalized spacial score (nSPS) is 38.3. The molecule has 0 bridgehead atoms. The molecule has 3 nitrogen and oxygen atoms in total. The zero-order valence-corrected chi connectivity index (χ0v) is 10.5. The molecule has 0 saturated heterocycles. The van der Waals surface area contributed by atoms with E-state index in [2.05, 4.69) is 29.0 Å². The Kier molecular flexibility index (Phi) is 5.08. The Balaban J connectivity index is 2.47. The van der Waals surface area contributed by atoms with Gasteiger partial charge in [0.2, 0.25) is 0 Å². The Labute approximate surface area is 88.6 Å². The topological polar surface area (TPSA) is 55.5 Å². The SMILES string of the molecule is N[C@@H]1C[C@H](CO)[C@@H](O[SH](#P)I)C1. The van der Waals surface area contributed by atoms with Gasteiger partial charge < -0.3 is 0 Å². The fourth-order valence-corrected chi connectivity index (χ4v) is 3.28. The fraction of sp³-hybridized carbons (Fsp3) is 1.00. The van der Waals surface area contributed by atoms with E-state index >= 15 is 0 Å². The van der Waals surface area contributed by atoms with Crippen molar-refractivity contribution in [2.45, 2.75) is 25.0 Å². The average Bonchev–Trinajstić information content (AvgIpc) is 2.29. The van der Waals surface area contributed by atoms with Crippen LogP contribution >= 0.6 is 36.3 Å². The van der Waals surface area contributed by atoms with Crippen LogP contribution < -0.4 is 5.73 Å². The average molecular weight is 321 g/mol. The molecular formula is C6H13INO2PS. The Morgan fingerprint density at radius 3 is 2.83 bits per heavy atom. The fourth-order valence-electron chi connectivity index (χ4n) is 1.56. The third-order valence-corrected chi connectivity index (χ3v) is 3.53. The number of thiol groups is 1. The molecule has 1 aliphatic rings. The molecule has 4 atom stereocenters. The standard InChI is InChI=1S/C6H13INO2PS/c7-12(11)10-6-2-5(8)1-4(6)3-9/h4-6,9,12H,1-3,8H2/t4-,5-,6+/m1/s1. The van der Waals surface area contributed by atoms with Gasteiger partial charge in [0, 0.05) is 0 Å². The minimum atomic E-state index is -0.665. The second-order valence-electron chi connectivity index (χ2n) is 3.04. The van der Waals surface area contributed by atoms with E-state index in [4.69, 9.17) is 15.0 Å². The maximum atomic E-state index is 9.01. The molecule has 0 aromatic carbocycles. The van der Waals surface area contributed by atoms with Crippen LogP contribution in [0.3, 0.4) is 0 Å². The van der Waals surface area contributed by atoms with Gasteiger partial charge in [0.05, 0.1) is 0 Å². The summed E-state index contributed by atoms with van der Waals surface area (Å²) < 4.78 is 5.56. The van der Waals surface area contributed by atoms with Crippen molar-refractivity contribution in [2.24, 2.45) is 11.7 Å². The van der Waals surface area contributed by atoms with E-state index < -0.39 is 7.32 Å². The summed E-state index contributed by atoms with van der Waals surface area (Å²) in [4.78, 5) is 0.